The van der Waals surface area contributed by atoms with Crippen molar-refractivity contribution in [3.8, 4) is 0 Å². The van der Waals surface area contributed by atoms with E-state index in [1.807, 2.05) is 0 Å². The van der Waals surface area contributed by atoms with E-state index >= 15 is 0 Å². The van der Waals surface area contributed by atoms with Crippen LogP contribution < -0.4 is 0 Å². The van der Waals surface area contributed by atoms with E-state index < -0.39 is 32.7 Å². The van der Waals surface area contributed by atoms with Crippen molar-refractivity contribution in [1.82, 2.24) is 0 Å². The molecule has 0 aromatic carbocycles. The highest BCUT2D eigenvalue weighted by Gasteiger charge is 2.41. The van der Waals surface area contributed by atoms with Crippen molar-refractivity contribution in [2.75, 3.05) is 6.61 Å². The molecule has 6 nitrogen and oxygen atoms in total. The summed E-state index contributed by atoms with van der Waals surface area (Å²) in [6, 6.07) is 0. The molecule has 0 aromatic heterocycles. The van der Waals surface area contributed by atoms with Gasteiger partial charge < -0.3 is 14.9 Å². The van der Waals surface area contributed by atoms with Gasteiger partial charge in [0.2, 0.25) is 0 Å². The van der Waals surface area contributed by atoms with Gasteiger partial charge in [-0.1, -0.05) is 0 Å². The van der Waals surface area contributed by atoms with Crippen molar-refractivity contribution in [3.05, 3.63) is 0 Å². The van der Waals surface area contributed by atoms with E-state index in [0.717, 1.165) is 0 Å². The average Bonchev–Trinajstić information content (AvgIpc) is 2.29. The molecule has 1 aliphatic heterocycles. The molecule has 0 saturated carbocycles. The third-order valence-electron chi connectivity index (χ3n) is 1.95. The Labute approximate surface area is 76.0 Å². The Morgan fingerprint density at radius 3 is 2.46 bits per heavy atom. The van der Waals surface area contributed by atoms with Gasteiger partial charge in [-0.15, -0.1) is 9.42 Å². The Kier molecular flexibility index (Phi) is 3.73. The van der Waals surface area contributed by atoms with E-state index in [0.29, 0.717) is 0 Å². The van der Waals surface area contributed by atoms with Crippen molar-refractivity contribution in [1.29, 1.82) is 0 Å². The zero-order valence-electron chi connectivity index (χ0n) is 7.03. The molecule has 0 aliphatic carbocycles. The van der Waals surface area contributed by atoms with Crippen LogP contribution in [0.2, 0.25) is 0 Å². The molecule has 0 radical (unpaired) electrons. The highest BCUT2D eigenvalue weighted by atomic mass is 31.1. The normalized spacial score (nSPS) is 40.8. The molecule has 0 amide bonds. The first-order chi connectivity index (χ1) is 6.02. The van der Waals surface area contributed by atoms with Gasteiger partial charge in [0.15, 0.2) is 0 Å². The van der Waals surface area contributed by atoms with Gasteiger partial charge in [-0.25, -0.2) is 0 Å². The second-order valence-corrected chi connectivity index (χ2v) is 3.63. The standard InChI is InChI=1S/C6H11O6P/c1-3-5(7)6(8)4(12-3)2-11-13(9)10/h3-8H,2H2,1H3/p+1/t3-,4?,5-,6+/m0/s1. The van der Waals surface area contributed by atoms with Crippen LogP contribution in [0.15, 0.2) is 0 Å². The minimum absolute atomic E-state index is 0.200. The van der Waals surface area contributed by atoms with Crippen LogP contribution >= 0.6 is 8.25 Å². The van der Waals surface area contributed by atoms with E-state index in [9.17, 15) is 14.8 Å². The quantitative estimate of drug-likeness (QED) is 0.527. The lowest BCUT2D eigenvalue weighted by Crippen LogP contribution is -2.33. The molecule has 0 aromatic rings. The summed E-state index contributed by atoms with van der Waals surface area (Å²) in [5.41, 5.74) is 0. The first kappa shape index (κ1) is 11.0. The van der Waals surface area contributed by atoms with Crippen LogP contribution in [-0.2, 0) is 13.8 Å². The van der Waals surface area contributed by atoms with Gasteiger partial charge in [0.1, 0.15) is 24.9 Å². The second-order valence-electron chi connectivity index (χ2n) is 2.89. The second kappa shape index (κ2) is 4.41. The summed E-state index contributed by atoms with van der Waals surface area (Å²) in [5.74, 6) is 0. The van der Waals surface area contributed by atoms with E-state index in [4.69, 9.17) is 9.63 Å². The number of hydrogen-bond donors (Lipinski definition) is 3. The lowest BCUT2D eigenvalue weighted by molar-refractivity contribution is -0.0114. The van der Waals surface area contributed by atoms with E-state index in [2.05, 4.69) is 4.52 Å². The maximum atomic E-state index is 10.2. The molecule has 5 atom stereocenters. The van der Waals surface area contributed by atoms with Crippen LogP contribution in [0.1, 0.15) is 6.92 Å². The lowest BCUT2D eigenvalue weighted by Gasteiger charge is -2.10. The van der Waals surface area contributed by atoms with Gasteiger partial charge in [0, 0.05) is 4.57 Å². The number of rotatable bonds is 3. The van der Waals surface area contributed by atoms with Gasteiger partial charge in [0.25, 0.3) is 0 Å². The summed E-state index contributed by atoms with van der Waals surface area (Å²) in [6.07, 6.45) is -3.26. The third kappa shape index (κ3) is 2.67. The van der Waals surface area contributed by atoms with E-state index in [-0.39, 0.29) is 6.61 Å². The van der Waals surface area contributed by atoms with Gasteiger partial charge in [-0.2, -0.15) is 0 Å². The van der Waals surface area contributed by atoms with Crippen LogP contribution in [0.5, 0.6) is 0 Å². The number of aliphatic hydroxyl groups is 2. The maximum absolute atomic E-state index is 10.2. The van der Waals surface area contributed by atoms with Gasteiger partial charge in [-0.05, 0) is 6.92 Å². The Hall–Kier alpha value is -0.100. The zero-order chi connectivity index (χ0) is 10.0. The smallest absolute Gasteiger partial charge is 0.388 e. The summed E-state index contributed by atoms with van der Waals surface area (Å²) in [5, 5.41) is 18.5. The molecule has 76 valence electrons. The van der Waals surface area contributed by atoms with Crippen LogP contribution in [0.4, 0.5) is 0 Å². The molecule has 1 rings (SSSR count). The van der Waals surface area contributed by atoms with E-state index in [1.54, 1.807) is 6.92 Å². The number of aliphatic hydroxyl groups excluding tert-OH is 2. The van der Waals surface area contributed by atoms with Crippen molar-refractivity contribution in [3.63, 3.8) is 0 Å². The maximum Gasteiger partial charge on any atom is 0.694 e. The van der Waals surface area contributed by atoms with Gasteiger partial charge in [0.05, 0.1) is 6.10 Å². The predicted octanol–water partition coefficient (Wildman–Crippen LogP) is -0.838. The molecule has 3 N–H and O–H groups in total. The fourth-order valence-corrected chi connectivity index (χ4v) is 1.48. The summed E-state index contributed by atoms with van der Waals surface area (Å²) in [6.45, 7) is 1.40. The molecule has 7 heteroatoms. The average molecular weight is 211 g/mol. The van der Waals surface area contributed by atoms with Crippen LogP contribution in [0.25, 0.3) is 0 Å². The van der Waals surface area contributed by atoms with Crippen molar-refractivity contribution in [2.24, 2.45) is 0 Å². The monoisotopic (exact) mass is 211 g/mol. The highest BCUT2D eigenvalue weighted by Crippen LogP contribution is 2.24. The van der Waals surface area contributed by atoms with Gasteiger partial charge in [-0.3, -0.25) is 0 Å². The van der Waals surface area contributed by atoms with E-state index in [1.165, 1.54) is 0 Å². The molecule has 0 spiro atoms. The molecule has 13 heavy (non-hydrogen) atoms. The molecule has 1 saturated heterocycles. The van der Waals surface area contributed by atoms with Crippen LogP contribution in [-0.4, -0.2) is 46.1 Å². The molecule has 1 heterocycles. The van der Waals surface area contributed by atoms with Crippen LogP contribution in [0, 0.1) is 0 Å². The molecule has 2 unspecified atom stereocenters. The molecular weight excluding hydrogens is 199 g/mol. The minimum atomic E-state index is -2.69. The summed E-state index contributed by atoms with van der Waals surface area (Å²) in [4.78, 5) is 8.32. The summed E-state index contributed by atoms with van der Waals surface area (Å²) < 4.78 is 19.6. The Bertz CT molecular complexity index is 198. The lowest BCUT2D eigenvalue weighted by atomic mass is 10.1. The topological polar surface area (TPSA) is 96.2 Å². The first-order valence-corrected chi connectivity index (χ1v) is 4.96. The number of ether oxygens (including phenoxy) is 1. The summed E-state index contributed by atoms with van der Waals surface area (Å²) >= 11 is 0. The highest BCUT2D eigenvalue weighted by molar-refractivity contribution is 7.32. The SMILES string of the molecule is C[C@@H]1OC(CO[P+](=O)O)[C@@H](O)[C@H]1O. The Morgan fingerprint density at radius 1 is 1.46 bits per heavy atom. The fraction of sp³-hybridized carbons (Fsp3) is 1.00. The largest absolute Gasteiger partial charge is 0.694 e. The van der Waals surface area contributed by atoms with Crippen LogP contribution in [0.3, 0.4) is 0 Å². The fourth-order valence-electron chi connectivity index (χ4n) is 1.21. The minimum Gasteiger partial charge on any atom is -0.388 e. The number of hydrogen-bond acceptors (Lipinski definition) is 5. The van der Waals surface area contributed by atoms with Crippen molar-refractivity contribution in [2.45, 2.75) is 31.3 Å². The zero-order valence-corrected chi connectivity index (χ0v) is 7.92. The Morgan fingerprint density at radius 2 is 2.08 bits per heavy atom. The summed E-state index contributed by atoms with van der Waals surface area (Å²) in [7, 11) is -2.69. The molecule has 1 fully saturated rings. The van der Waals surface area contributed by atoms with Crippen molar-refractivity contribution >= 4 is 8.25 Å². The van der Waals surface area contributed by atoms with Crippen molar-refractivity contribution < 1.29 is 28.9 Å². The first-order valence-electron chi connectivity index (χ1n) is 3.83. The Balaban J connectivity index is 2.40. The predicted molar refractivity (Wildman–Crippen MR) is 42.1 cm³/mol. The third-order valence-corrected chi connectivity index (χ3v) is 2.32. The molecule has 0 bridgehead atoms. The molecular formula is C6H12O6P+. The van der Waals surface area contributed by atoms with Gasteiger partial charge >= 0.3 is 8.25 Å². The molecule has 1 aliphatic rings.